The number of para-hydroxylation sites is 2. The molecule has 0 aliphatic carbocycles. The summed E-state index contributed by atoms with van der Waals surface area (Å²) in [4.78, 5) is 0. The molecule has 104 valence electrons. The van der Waals surface area contributed by atoms with Gasteiger partial charge in [0, 0.05) is 5.56 Å². The minimum absolute atomic E-state index is 0.00200. The summed E-state index contributed by atoms with van der Waals surface area (Å²) in [6.45, 7) is 0. The van der Waals surface area contributed by atoms with Crippen LogP contribution in [0.4, 0.5) is 18.9 Å². The number of alkyl halides is 3. The van der Waals surface area contributed by atoms with E-state index in [-0.39, 0.29) is 11.4 Å². The van der Waals surface area contributed by atoms with Crippen molar-refractivity contribution in [1.29, 1.82) is 0 Å². The van der Waals surface area contributed by atoms with E-state index in [1.807, 2.05) is 0 Å². The highest BCUT2D eigenvalue weighted by Crippen LogP contribution is 2.34. The number of hydrazone groups is 1. The molecule has 0 heterocycles. The zero-order valence-corrected chi connectivity index (χ0v) is 10.2. The molecule has 3 nitrogen and oxygen atoms in total. The largest absolute Gasteiger partial charge is 0.507 e. The SMILES string of the molecule is Oc1ccccc1/C=N/Nc1ccccc1C(F)(F)F. The lowest BCUT2D eigenvalue weighted by Crippen LogP contribution is -2.08. The van der Waals surface area contributed by atoms with Crippen molar-refractivity contribution in [2.75, 3.05) is 5.43 Å². The average molecular weight is 280 g/mol. The van der Waals surface area contributed by atoms with Crippen molar-refractivity contribution in [3.05, 3.63) is 59.7 Å². The van der Waals surface area contributed by atoms with Gasteiger partial charge in [-0.25, -0.2) is 0 Å². The summed E-state index contributed by atoms with van der Waals surface area (Å²) in [6, 6.07) is 11.4. The fourth-order valence-corrected chi connectivity index (χ4v) is 1.60. The van der Waals surface area contributed by atoms with Gasteiger partial charge in [-0.2, -0.15) is 18.3 Å². The van der Waals surface area contributed by atoms with Crippen molar-refractivity contribution in [2.45, 2.75) is 6.18 Å². The maximum absolute atomic E-state index is 12.7. The Hall–Kier alpha value is -2.50. The normalized spacial score (nSPS) is 11.8. The van der Waals surface area contributed by atoms with E-state index in [2.05, 4.69) is 10.5 Å². The fourth-order valence-electron chi connectivity index (χ4n) is 1.60. The molecule has 0 amide bonds. The smallest absolute Gasteiger partial charge is 0.418 e. The van der Waals surface area contributed by atoms with Gasteiger partial charge in [-0.1, -0.05) is 24.3 Å². The summed E-state index contributed by atoms with van der Waals surface area (Å²) in [5, 5.41) is 13.2. The van der Waals surface area contributed by atoms with Crippen molar-refractivity contribution in [3.8, 4) is 5.75 Å². The second-order valence-corrected chi connectivity index (χ2v) is 3.97. The van der Waals surface area contributed by atoms with E-state index in [1.54, 1.807) is 18.2 Å². The van der Waals surface area contributed by atoms with Crippen LogP contribution in [0.5, 0.6) is 5.75 Å². The molecule has 0 aliphatic rings. The van der Waals surface area contributed by atoms with Gasteiger partial charge in [-0.3, -0.25) is 5.43 Å². The van der Waals surface area contributed by atoms with Gasteiger partial charge >= 0.3 is 6.18 Å². The van der Waals surface area contributed by atoms with Crippen LogP contribution in [0.25, 0.3) is 0 Å². The van der Waals surface area contributed by atoms with Gasteiger partial charge in [0.05, 0.1) is 17.5 Å². The molecule has 2 aromatic rings. The third kappa shape index (κ3) is 3.28. The first kappa shape index (κ1) is 13.9. The Morgan fingerprint density at radius 3 is 2.35 bits per heavy atom. The predicted molar refractivity (Wildman–Crippen MR) is 70.8 cm³/mol. The number of nitrogens with zero attached hydrogens (tertiary/aromatic N) is 1. The first-order valence-electron chi connectivity index (χ1n) is 5.72. The second kappa shape index (κ2) is 5.64. The summed E-state index contributed by atoms with van der Waals surface area (Å²) >= 11 is 0. The van der Waals surface area contributed by atoms with Crippen LogP contribution >= 0.6 is 0 Å². The van der Waals surface area contributed by atoms with Gasteiger partial charge in [0.25, 0.3) is 0 Å². The Labute approximate surface area is 113 Å². The summed E-state index contributed by atoms with van der Waals surface area (Å²) in [5.41, 5.74) is 1.80. The number of aromatic hydroxyl groups is 1. The molecular weight excluding hydrogens is 269 g/mol. The molecule has 0 fully saturated rings. The summed E-state index contributed by atoms with van der Waals surface area (Å²) < 4.78 is 38.2. The lowest BCUT2D eigenvalue weighted by atomic mass is 10.2. The Balaban J connectivity index is 2.18. The lowest BCUT2D eigenvalue weighted by molar-refractivity contribution is -0.136. The number of phenolic OH excluding ortho intramolecular Hbond substituents is 1. The molecule has 2 rings (SSSR count). The zero-order valence-electron chi connectivity index (χ0n) is 10.2. The molecule has 0 unspecified atom stereocenters. The first-order valence-corrected chi connectivity index (χ1v) is 5.72. The van der Waals surface area contributed by atoms with Crippen LogP contribution in [0.2, 0.25) is 0 Å². The molecule has 0 aliphatic heterocycles. The van der Waals surface area contributed by atoms with E-state index in [0.717, 1.165) is 6.07 Å². The number of hydrogen-bond donors (Lipinski definition) is 2. The number of rotatable bonds is 3. The van der Waals surface area contributed by atoms with E-state index < -0.39 is 11.7 Å². The van der Waals surface area contributed by atoms with Crippen LogP contribution in [0.15, 0.2) is 53.6 Å². The second-order valence-electron chi connectivity index (χ2n) is 3.97. The minimum atomic E-state index is -4.45. The molecule has 0 atom stereocenters. The Morgan fingerprint density at radius 2 is 1.65 bits per heavy atom. The predicted octanol–water partition coefficient (Wildman–Crippen LogP) is 3.86. The van der Waals surface area contributed by atoms with Crippen molar-refractivity contribution >= 4 is 11.9 Å². The molecule has 2 N–H and O–H groups in total. The molecule has 0 spiro atoms. The molecule has 20 heavy (non-hydrogen) atoms. The topological polar surface area (TPSA) is 44.6 Å². The molecule has 0 saturated heterocycles. The quantitative estimate of drug-likeness (QED) is 0.662. The number of phenols is 1. The standard InChI is InChI=1S/C14H11F3N2O/c15-14(16,17)11-6-2-3-7-12(11)19-18-9-10-5-1-4-8-13(10)20/h1-9,19-20H/b18-9+. The maximum Gasteiger partial charge on any atom is 0.418 e. The van der Waals surface area contributed by atoms with Gasteiger partial charge in [-0.15, -0.1) is 0 Å². The van der Waals surface area contributed by atoms with Gasteiger partial charge in [0.2, 0.25) is 0 Å². The number of benzene rings is 2. The van der Waals surface area contributed by atoms with Gasteiger partial charge in [0.15, 0.2) is 0 Å². The monoisotopic (exact) mass is 280 g/mol. The summed E-state index contributed by atoms with van der Waals surface area (Å²) in [7, 11) is 0. The van der Waals surface area contributed by atoms with E-state index in [4.69, 9.17) is 0 Å². The van der Waals surface area contributed by atoms with Crippen LogP contribution in [0, 0.1) is 0 Å². The van der Waals surface area contributed by atoms with Crippen LogP contribution < -0.4 is 5.43 Å². The summed E-state index contributed by atoms with van der Waals surface area (Å²) in [6.07, 6.45) is -3.20. The van der Waals surface area contributed by atoms with Gasteiger partial charge in [-0.05, 0) is 24.3 Å². The third-order valence-electron chi connectivity index (χ3n) is 2.56. The van der Waals surface area contributed by atoms with E-state index >= 15 is 0 Å². The lowest BCUT2D eigenvalue weighted by Gasteiger charge is -2.11. The highest BCUT2D eigenvalue weighted by atomic mass is 19.4. The van der Waals surface area contributed by atoms with E-state index in [0.29, 0.717) is 5.56 Å². The van der Waals surface area contributed by atoms with Crippen molar-refractivity contribution < 1.29 is 18.3 Å². The van der Waals surface area contributed by atoms with Crippen molar-refractivity contribution in [2.24, 2.45) is 5.10 Å². The Bertz CT molecular complexity index is 624. The van der Waals surface area contributed by atoms with Crippen molar-refractivity contribution in [1.82, 2.24) is 0 Å². The van der Waals surface area contributed by atoms with Crippen LogP contribution in [-0.4, -0.2) is 11.3 Å². The number of halogens is 3. The highest BCUT2D eigenvalue weighted by Gasteiger charge is 2.33. The third-order valence-corrected chi connectivity index (χ3v) is 2.56. The van der Waals surface area contributed by atoms with E-state index in [1.165, 1.54) is 30.5 Å². The maximum atomic E-state index is 12.7. The number of anilines is 1. The average Bonchev–Trinajstić information content (AvgIpc) is 2.40. The molecule has 6 heteroatoms. The molecule has 0 bridgehead atoms. The minimum Gasteiger partial charge on any atom is -0.507 e. The van der Waals surface area contributed by atoms with Crippen LogP contribution in [-0.2, 0) is 6.18 Å². The summed E-state index contributed by atoms with van der Waals surface area (Å²) in [5.74, 6) is 0.00200. The molecule has 0 aromatic heterocycles. The highest BCUT2D eigenvalue weighted by molar-refractivity contribution is 5.83. The number of hydrogen-bond acceptors (Lipinski definition) is 3. The first-order chi connectivity index (χ1) is 9.48. The molecule has 0 radical (unpaired) electrons. The van der Waals surface area contributed by atoms with E-state index in [9.17, 15) is 18.3 Å². The Kier molecular flexibility index (Phi) is 3.93. The van der Waals surface area contributed by atoms with Crippen LogP contribution in [0.3, 0.4) is 0 Å². The number of nitrogens with one attached hydrogen (secondary N) is 1. The molecule has 2 aromatic carbocycles. The molecule has 0 saturated carbocycles. The van der Waals surface area contributed by atoms with Crippen LogP contribution in [0.1, 0.15) is 11.1 Å². The van der Waals surface area contributed by atoms with Crippen molar-refractivity contribution in [3.63, 3.8) is 0 Å². The molecular formula is C14H11F3N2O. The zero-order chi connectivity index (χ0) is 14.6. The van der Waals surface area contributed by atoms with Gasteiger partial charge < -0.3 is 5.11 Å². The Morgan fingerprint density at radius 1 is 1.00 bits per heavy atom. The fraction of sp³-hybridized carbons (Fsp3) is 0.0714. The van der Waals surface area contributed by atoms with Gasteiger partial charge in [0.1, 0.15) is 5.75 Å².